The molecule has 5 nitrogen and oxygen atoms in total. The van der Waals surface area contributed by atoms with Crippen molar-refractivity contribution in [3.8, 4) is 11.3 Å². The number of rotatable bonds is 7. The Bertz CT molecular complexity index is 906. The van der Waals surface area contributed by atoms with Crippen molar-refractivity contribution in [3.63, 3.8) is 0 Å². The highest BCUT2D eigenvalue weighted by Gasteiger charge is 2.21. The summed E-state index contributed by atoms with van der Waals surface area (Å²) in [6.45, 7) is 3.44. The molecule has 1 aliphatic rings. The maximum Gasteiger partial charge on any atom is 0.0968 e. The standard InChI is InChI=1S/C22H25ClN4O/c1-26-14-19(22(25-26)18-4-2-5-20(23)12-18)15-27(16-21-6-3-11-28-21)13-17-7-9-24-10-8-17/h2,4-5,7-10,12,14,21H,3,6,11,13,15-16H2,1H3. The van der Waals surface area contributed by atoms with Gasteiger partial charge in [0.25, 0.3) is 0 Å². The van der Waals surface area contributed by atoms with Gasteiger partial charge < -0.3 is 4.74 Å². The summed E-state index contributed by atoms with van der Waals surface area (Å²) in [5, 5.41) is 5.43. The number of benzene rings is 1. The van der Waals surface area contributed by atoms with Crippen molar-refractivity contribution >= 4 is 11.6 Å². The van der Waals surface area contributed by atoms with Gasteiger partial charge >= 0.3 is 0 Å². The monoisotopic (exact) mass is 396 g/mol. The van der Waals surface area contributed by atoms with E-state index < -0.39 is 0 Å². The van der Waals surface area contributed by atoms with Crippen molar-refractivity contribution in [1.29, 1.82) is 0 Å². The van der Waals surface area contributed by atoms with Gasteiger partial charge in [0.1, 0.15) is 0 Å². The highest BCUT2D eigenvalue weighted by molar-refractivity contribution is 6.30. The molecule has 1 saturated heterocycles. The van der Waals surface area contributed by atoms with E-state index in [1.165, 1.54) is 11.1 Å². The van der Waals surface area contributed by atoms with Gasteiger partial charge in [-0.1, -0.05) is 23.7 Å². The summed E-state index contributed by atoms with van der Waals surface area (Å²) in [5.74, 6) is 0. The van der Waals surface area contributed by atoms with Crippen LogP contribution in [-0.4, -0.2) is 38.9 Å². The lowest BCUT2D eigenvalue weighted by Gasteiger charge is -2.25. The van der Waals surface area contributed by atoms with Gasteiger partial charge in [-0.25, -0.2) is 0 Å². The van der Waals surface area contributed by atoms with Crippen LogP contribution in [0.3, 0.4) is 0 Å². The normalized spacial score (nSPS) is 16.8. The summed E-state index contributed by atoms with van der Waals surface area (Å²) in [6, 6.07) is 12.0. The van der Waals surface area contributed by atoms with Gasteiger partial charge in [-0.15, -0.1) is 0 Å². The Morgan fingerprint density at radius 2 is 2.07 bits per heavy atom. The molecule has 1 aliphatic heterocycles. The van der Waals surface area contributed by atoms with Crippen LogP contribution in [0.1, 0.15) is 24.0 Å². The van der Waals surface area contributed by atoms with E-state index in [0.717, 1.165) is 55.4 Å². The van der Waals surface area contributed by atoms with Gasteiger partial charge in [0.05, 0.1) is 11.8 Å². The Kier molecular flexibility index (Phi) is 6.05. The molecular formula is C22H25ClN4O. The lowest BCUT2D eigenvalue weighted by atomic mass is 10.1. The minimum Gasteiger partial charge on any atom is -0.377 e. The Morgan fingerprint density at radius 3 is 2.82 bits per heavy atom. The number of hydrogen-bond donors (Lipinski definition) is 0. The maximum atomic E-state index is 6.21. The van der Waals surface area contributed by atoms with Crippen molar-refractivity contribution in [2.75, 3.05) is 13.2 Å². The molecule has 0 spiro atoms. The van der Waals surface area contributed by atoms with Crippen molar-refractivity contribution < 1.29 is 4.74 Å². The lowest BCUT2D eigenvalue weighted by molar-refractivity contribution is 0.0679. The minimum absolute atomic E-state index is 0.299. The van der Waals surface area contributed by atoms with E-state index in [9.17, 15) is 0 Å². The molecule has 0 bridgehead atoms. The van der Waals surface area contributed by atoms with Crippen molar-refractivity contribution in [3.05, 3.63) is 71.1 Å². The third-order valence-electron chi connectivity index (χ3n) is 5.04. The SMILES string of the molecule is Cn1cc(CN(Cc2ccncc2)CC2CCCO2)c(-c2cccc(Cl)c2)n1. The van der Waals surface area contributed by atoms with E-state index in [1.54, 1.807) is 0 Å². The summed E-state index contributed by atoms with van der Waals surface area (Å²) < 4.78 is 7.78. The largest absolute Gasteiger partial charge is 0.377 e. The molecule has 1 atom stereocenters. The van der Waals surface area contributed by atoms with Gasteiger partial charge in [-0.05, 0) is 42.7 Å². The van der Waals surface area contributed by atoms with Crippen LogP contribution < -0.4 is 0 Å². The fourth-order valence-corrected chi connectivity index (χ4v) is 3.97. The zero-order valence-corrected chi connectivity index (χ0v) is 16.8. The Hall–Kier alpha value is -2.21. The topological polar surface area (TPSA) is 43.2 Å². The molecule has 0 radical (unpaired) electrons. The molecule has 1 fully saturated rings. The Balaban J connectivity index is 1.59. The summed E-state index contributed by atoms with van der Waals surface area (Å²) in [7, 11) is 1.96. The first-order valence-corrected chi connectivity index (χ1v) is 10.1. The number of aryl methyl sites for hydroxylation is 1. The minimum atomic E-state index is 0.299. The maximum absolute atomic E-state index is 6.21. The van der Waals surface area contributed by atoms with Gasteiger partial charge in [0.15, 0.2) is 0 Å². The average Bonchev–Trinajstić information content (AvgIpc) is 3.32. The number of pyridine rings is 1. The van der Waals surface area contributed by atoms with Gasteiger partial charge in [0.2, 0.25) is 0 Å². The van der Waals surface area contributed by atoms with E-state index in [4.69, 9.17) is 21.4 Å². The average molecular weight is 397 g/mol. The molecule has 0 amide bonds. The van der Waals surface area contributed by atoms with E-state index in [1.807, 2.05) is 42.3 Å². The fourth-order valence-electron chi connectivity index (χ4n) is 3.78. The number of aromatic nitrogens is 3. The van der Waals surface area contributed by atoms with Gasteiger partial charge in [-0.2, -0.15) is 5.10 Å². The van der Waals surface area contributed by atoms with Crippen LogP contribution in [0, 0.1) is 0 Å². The number of nitrogens with zero attached hydrogens (tertiary/aromatic N) is 4. The summed E-state index contributed by atoms with van der Waals surface area (Å²) in [4.78, 5) is 6.58. The third-order valence-corrected chi connectivity index (χ3v) is 5.27. The third kappa shape index (κ3) is 4.79. The molecule has 6 heteroatoms. The van der Waals surface area contributed by atoms with Crippen LogP contribution in [0.15, 0.2) is 55.0 Å². The van der Waals surface area contributed by atoms with Crippen LogP contribution in [0.2, 0.25) is 5.02 Å². The molecule has 3 aromatic rings. The molecule has 3 heterocycles. The smallest absolute Gasteiger partial charge is 0.0968 e. The highest BCUT2D eigenvalue weighted by atomic mass is 35.5. The molecule has 0 N–H and O–H groups in total. The Morgan fingerprint density at radius 1 is 1.21 bits per heavy atom. The van der Waals surface area contributed by atoms with E-state index in [0.29, 0.717) is 6.10 Å². The predicted molar refractivity (Wildman–Crippen MR) is 111 cm³/mol. The molecular weight excluding hydrogens is 372 g/mol. The summed E-state index contributed by atoms with van der Waals surface area (Å²) >= 11 is 6.21. The predicted octanol–water partition coefficient (Wildman–Crippen LogP) is 4.32. The first-order valence-electron chi connectivity index (χ1n) is 9.69. The quantitative estimate of drug-likeness (QED) is 0.596. The number of ether oxygens (including phenoxy) is 1. The second-order valence-electron chi connectivity index (χ2n) is 7.35. The Labute approximate surface area is 170 Å². The first kappa shape index (κ1) is 19.1. The lowest BCUT2D eigenvalue weighted by Crippen LogP contribution is -2.31. The molecule has 4 rings (SSSR count). The van der Waals surface area contributed by atoms with Crippen molar-refractivity contribution in [2.24, 2.45) is 7.05 Å². The highest BCUT2D eigenvalue weighted by Crippen LogP contribution is 2.26. The molecule has 1 unspecified atom stereocenters. The van der Waals surface area contributed by atoms with Crippen LogP contribution in [0.5, 0.6) is 0 Å². The van der Waals surface area contributed by atoms with Crippen LogP contribution in [0.4, 0.5) is 0 Å². The van der Waals surface area contributed by atoms with Gasteiger partial charge in [-0.3, -0.25) is 14.6 Å². The second-order valence-corrected chi connectivity index (χ2v) is 7.78. The first-order chi connectivity index (χ1) is 13.7. The number of halogens is 1. The molecule has 1 aromatic carbocycles. The molecule has 2 aromatic heterocycles. The molecule has 0 saturated carbocycles. The molecule has 146 valence electrons. The van der Waals surface area contributed by atoms with Gasteiger partial charge in [0, 0.05) is 68.0 Å². The molecule has 28 heavy (non-hydrogen) atoms. The second kappa shape index (κ2) is 8.86. The fraction of sp³-hybridized carbons (Fsp3) is 0.364. The van der Waals surface area contributed by atoms with E-state index in [-0.39, 0.29) is 0 Å². The zero-order valence-electron chi connectivity index (χ0n) is 16.1. The number of hydrogen-bond acceptors (Lipinski definition) is 4. The van der Waals surface area contributed by atoms with Crippen molar-refractivity contribution in [2.45, 2.75) is 32.0 Å². The van der Waals surface area contributed by atoms with E-state index in [2.05, 4.69) is 34.3 Å². The summed E-state index contributed by atoms with van der Waals surface area (Å²) in [5.41, 5.74) is 4.47. The molecule has 0 aliphatic carbocycles. The van der Waals surface area contributed by atoms with Crippen molar-refractivity contribution in [1.82, 2.24) is 19.7 Å². The van der Waals surface area contributed by atoms with Crippen LogP contribution in [-0.2, 0) is 24.9 Å². The van der Waals surface area contributed by atoms with Crippen LogP contribution >= 0.6 is 11.6 Å². The summed E-state index contributed by atoms with van der Waals surface area (Å²) in [6.07, 6.45) is 8.37. The zero-order chi connectivity index (χ0) is 19.3. The van der Waals surface area contributed by atoms with E-state index >= 15 is 0 Å². The van der Waals surface area contributed by atoms with Crippen LogP contribution in [0.25, 0.3) is 11.3 Å².